The van der Waals surface area contributed by atoms with Gasteiger partial charge < -0.3 is 15.3 Å². The van der Waals surface area contributed by atoms with E-state index in [4.69, 9.17) is 11.6 Å². The highest BCUT2D eigenvalue weighted by atomic mass is 35.5. The fourth-order valence-corrected chi connectivity index (χ4v) is 3.61. The van der Waals surface area contributed by atoms with E-state index in [1.165, 1.54) is 15.5 Å². The van der Waals surface area contributed by atoms with Crippen LogP contribution in [0.4, 0.5) is 0 Å². The summed E-state index contributed by atoms with van der Waals surface area (Å²) in [4.78, 5) is 43.9. The van der Waals surface area contributed by atoms with E-state index >= 15 is 0 Å². The van der Waals surface area contributed by atoms with Gasteiger partial charge in [0.05, 0.1) is 6.10 Å². The minimum Gasteiger partial charge on any atom is -0.389 e. The number of likely N-dealkylation sites (tertiary alicyclic amines) is 1. The quantitative estimate of drug-likeness (QED) is 0.605. The lowest BCUT2D eigenvalue weighted by molar-refractivity contribution is -0.141. The van der Waals surface area contributed by atoms with Gasteiger partial charge in [-0.1, -0.05) is 23.7 Å². The van der Waals surface area contributed by atoms with E-state index < -0.39 is 17.6 Å². The highest BCUT2D eigenvalue weighted by Crippen LogP contribution is 2.14. The summed E-state index contributed by atoms with van der Waals surface area (Å²) < 4.78 is 1.36. The number of benzene rings is 1. The summed E-state index contributed by atoms with van der Waals surface area (Å²) in [6.07, 6.45) is 1.15. The number of rotatable bonds is 6. The monoisotopic (exact) mass is 440 g/mol. The Morgan fingerprint density at radius 1 is 1.19 bits per heavy atom. The molecule has 0 aliphatic carbocycles. The highest BCUT2D eigenvalue weighted by molar-refractivity contribution is 6.30. The summed E-state index contributed by atoms with van der Waals surface area (Å²) in [7, 11) is 0. The van der Waals surface area contributed by atoms with Crippen molar-refractivity contribution in [3.05, 3.63) is 75.2 Å². The molecule has 4 rings (SSSR count). The molecule has 31 heavy (non-hydrogen) atoms. The molecule has 0 radical (unpaired) electrons. The molecule has 2 amide bonds. The third kappa shape index (κ3) is 4.60. The zero-order valence-electron chi connectivity index (χ0n) is 16.6. The third-order valence-corrected chi connectivity index (χ3v) is 5.48. The Morgan fingerprint density at radius 2 is 1.94 bits per heavy atom. The Bertz CT molecular complexity index is 1190. The Kier molecular flexibility index (Phi) is 6.01. The second-order valence-electron chi connectivity index (χ2n) is 7.44. The number of fused-ring (bicyclic) bond motifs is 1. The molecule has 2 N–H and O–H groups in total. The van der Waals surface area contributed by atoms with E-state index in [9.17, 15) is 19.5 Å². The fourth-order valence-electron chi connectivity index (χ4n) is 3.48. The van der Waals surface area contributed by atoms with Crippen molar-refractivity contribution in [2.45, 2.75) is 25.6 Å². The van der Waals surface area contributed by atoms with Gasteiger partial charge >= 0.3 is 0 Å². The van der Waals surface area contributed by atoms with E-state index in [0.717, 1.165) is 5.56 Å². The standard InChI is InChI=1S/C22H21ClN4O4/c23-16-5-3-14(4-6-16)11-25-21(30)18-10-15-2-1-8-24-20(15)27(22(18)31)9-7-19(29)26-12-17(28)13-26/h1-6,8,10,17,28H,7,9,11-13H2,(H,25,30). The average Bonchev–Trinajstić information content (AvgIpc) is 2.75. The molecular formula is C22H21ClN4O4. The number of carbonyl (C=O) groups excluding carboxylic acids is 2. The zero-order chi connectivity index (χ0) is 22.0. The first kappa shape index (κ1) is 21.0. The molecule has 9 heteroatoms. The molecule has 1 saturated heterocycles. The fraction of sp³-hybridized carbons (Fsp3) is 0.273. The van der Waals surface area contributed by atoms with Crippen molar-refractivity contribution in [1.82, 2.24) is 19.8 Å². The summed E-state index contributed by atoms with van der Waals surface area (Å²) in [5.41, 5.74) is 0.749. The number of hydrogen-bond acceptors (Lipinski definition) is 5. The van der Waals surface area contributed by atoms with Crippen LogP contribution in [0.1, 0.15) is 22.3 Å². The maximum Gasteiger partial charge on any atom is 0.265 e. The van der Waals surface area contributed by atoms with Crippen LogP contribution in [0.15, 0.2) is 53.5 Å². The largest absolute Gasteiger partial charge is 0.389 e. The number of aryl methyl sites for hydroxylation is 1. The highest BCUT2D eigenvalue weighted by Gasteiger charge is 2.28. The molecule has 0 unspecified atom stereocenters. The molecule has 160 valence electrons. The van der Waals surface area contributed by atoms with Gasteiger partial charge in [-0.2, -0.15) is 0 Å². The first-order valence-corrected chi connectivity index (χ1v) is 10.3. The van der Waals surface area contributed by atoms with Crippen LogP contribution in [0.25, 0.3) is 11.0 Å². The van der Waals surface area contributed by atoms with Crippen molar-refractivity contribution in [1.29, 1.82) is 0 Å². The van der Waals surface area contributed by atoms with Gasteiger partial charge in [-0.3, -0.25) is 19.0 Å². The predicted molar refractivity (Wildman–Crippen MR) is 116 cm³/mol. The molecule has 1 fully saturated rings. The summed E-state index contributed by atoms with van der Waals surface area (Å²) in [6, 6.07) is 12.1. The van der Waals surface area contributed by atoms with Gasteiger partial charge in [0.1, 0.15) is 11.2 Å². The van der Waals surface area contributed by atoms with Gasteiger partial charge in [0.2, 0.25) is 5.91 Å². The molecule has 0 bridgehead atoms. The molecule has 3 aromatic rings. The number of carbonyl (C=O) groups is 2. The number of aliphatic hydroxyl groups excluding tert-OH is 1. The molecule has 3 heterocycles. The number of pyridine rings is 2. The van der Waals surface area contributed by atoms with Crippen LogP contribution in [0, 0.1) is 0 Å². The number of aliphatic hydroxyl groups is 1. The van der Waals surface area contributed by atoms with Gasteiger partial charge in [-0.15, -0.1) is 0 Å². The molecular weight excluding hydrogens is 420 g/mol. The molecule has 1 aliphatic heterocycles. The number of aromatic nitrogens is 2. The van der Waals surface area contributed by atoms with Crippen LogP contribution in [-0.2, 0) is 17.9 Å². The lowest BCUT2D eigenvalue weighted by Crippen LogP contribution is -2.53. The minimum atomic E-state index is -0.503. The van der Waals surface area contributed by atoms with Crippen molar-refractivity contribution in [2.75, 3.05) is 13.1 Å². The van der Waals surface area contributed by atoms with Gasteiger partial charge in [-0.05, 0) is 35.9 Å². The lowest BCUT2D eigenvalue weighted by atomic mass is 10.1. The van der Waals surface area contributed by atoms with E-state index in [0.29, 0.717) is 29.1 Å². The zero-order valence-corrected chi connectivity index (χ0v) is 17.4. The Hall–Kier alpha value is -3.23. The van der Waals surface area contributed by atoms with Crippen molar-refractivity contribution in [3.8, 4) is 0 Å². The van der Waals surface area contributed by atoms with E-state index in [2.05, 4.69) is 10.3 Å². The Balaban J connectivity index is 1.56. The Labute approximate surface area is 183 Å². The summed E-state index contributed by atoms with van der Waals surface area (Å²) in [5, 5.41) is 13.4. The van der Waals surface area contributed by atoms with Crippen LogP contribution in [0.3, 0.4) is 0 Å². The minimum absolute atomic E-state index is 0.0127. The lowest BCUT2D eigenvalue weighted by Gasteiger charge is -2.36. The topological polar surface area (TPSA) is 105 Å². The smallest absolute Gasteiger partial charge is 0.265 e. The second-order valence-corrected chi connectivity index (χ2v) is 7.88. The number of hydrogen-bond donors (Lipinski definition) is 2. The number of nitrogens with one attached hydrogen (secondary N) is 1. The molecule has 0 saturated carbocycles. The maximum absolute atomic E-state index is 13.1. The van der Waals surface area contributed by atoms with E-state index in [-0.39, 0.29) is 31.0 Å². The number of halogens is 1. The molecule has 1 aromatic carbocycles. The van der Waals surface area contributed by atoms with Crippen LogP contribution in [0.5, 0.6) is 0 Å². The molecule has 8 nitrogen and oxygen atoms in total. The van der Waals surface area contributed by atoms with Gasteiger partial charge in [-0.25, -0.2) is 4.98 Å². The normalized spacial score (nSPS) is 13.8. The SMILES string of the molecule is O=C(NCc1ccc(Cl)cc1)c1cc2cccnc2n(CCC(=O)N2CC(O)C2)c1=O. The Morgan fingerprint density at radius 3 is 2.65 bits per heavy atom. The van der Waals surface area contributed by atoms with Crippen molar-refractivity contribution < 1.29 is 14.7 Å². The third-order valence-electron chi connectivity index (χ3n) is 5.22. The van der Waals surface area contributed by atoms with Crippen LogP contribution < -0.4 is 10.9 Å². The summed E-state index contributed by atoms with van der Waals surface area (Å²) in [6.45, 7) is 0.951. The maximum atomic E-state index is 13.1. The van der Waals surface area contributed by atoms with Crippen molar-refractivity contribution >= 4 is 34.4 Å². The second kappa shape index (κ2) is 8.87. The van der Waals surface area contributed by atoms with Crippen molar-refractivity contribution in [2.24, 2.45) is 0 Å². The van der Waals surface area contributed by atoms with Crippen LogP contribution in [-0.4, -0.2) is 50.6 Å². The van der Waals surface area contributed by atoms with Gasteiger partial charge in [0.15, 0.2) is 0 Å². The van der Waals surface area contributed by atoms with Crippen LogP contribution in [0.2, 0.25) is 5.02 Å². The average molecular weight is 441 g/mol. The van der Waals surface area contributed by atoms with E-state index in [1.807, 2.05) is 0 Å². The van der Waals surface area contributed by atoms with Gasteiger partial charge in [0.25, 0.3) is 11.5 Å². The van der Waals surface area contributed by atoms with Gasteiger partial charge in [0, 0.05) is 49.2 Å². The summed E-state index contributed by atoms with van der Waals surface area (Å²) >= 11 is 5.88. The molecule has 1 aliphatic rings. The van der Waals surface area contributed by atoms with E-state index in [1.54, 1.807) is 42.6 Å². The predicted octanol–water partition coefficient (Wildman–Crippen LogP) is 1.57. The number of amides is 2. The number of β-amino-alcohol motifs (C(OH)–C–C–N with tert-alkyl or cyclic N) is 1. The first-order valence-electron chi connectivity index (χ1n) is 9.89. The van der Waals surface area contributed by atoms with Crippen molar-refractivity contribution in [3.63, 3.8) is 0 Å². The molecule has 2 aromatic heterocycles. The molecule has 0 atom stereocenters. The molecule has 0 spiro atoms. The van der Waals surface area contributed by atoms with Crippen LogP contribution >= 0.6 is 11.6 Å². The summed E-state index contributed by atoms with van der Waals surface area (Å²) in [5.74, 6) is -0.657. The first-order chi connectivity index (χ1) is 14.9. The number of nitrogens with zero attached hydrogens (tertiary/aromatic N) is 3.